The first-order valence-electron chi connectivity index (χ1n) is 5.71. The molecule has 1 aromatic rings. The fraction of sp³-hybridized carbons (Fsp3) is 0.333. The second-order valence-electron chi connectivity index (χ2n) is 4.27. The molecule has 2 heterocycles. The summed E-state index contributed by atoms with van der Waals surface area (Å²) in [6.45, 7) is 0.303. The van der Waals surface area contributed by atoms with Crippen LogP contribution in [0, 0.1) is 0 Å². The van der Waals surface area contributed by atoms with Crippen LogP contribution in [0.5, 0.6) is 0 Å². The van der Waals surface area contributed by atoms with E-state index < -0.39 is 12.0 Å². The number of hydrogen-bond acceptors (Lipinski definition) is 5. The molecule has 1 aliphatic rings. The summed E-state index contributed by atoms with van der Waals surface area (Å²) in [5, 5.41) is 11.7. The van der Waals surface area contributed by atoms with Crippen molar-refractivity contribution in [1.29, 1.82) is 0 Å². The van der Waals surface area contributed by atoms with Crippen LogP contribution in [0.2, 0.25) is 0 Å². The van der Waals surface area contributed by atoms with Crippen LogP contribution in [-0.4, -0.2) is 45.9 Å². The number of carboxylic acid groups (broad SMARTS) is 1. The quantitative estimate of drug-likeness (QED) is 0.719. The lowest BCUT2D eigenvalue weighted by Crippen LogP contribution is -2.36. The monoisotopic (exact) mass is 263 g/mol. The van der Waals surface area contributed by atoms with Crippen molar-refractivity contribution >= 4 is 17.8 Å². The molecule has 0 spiro atoms. The normalized spacial score (nSPS) is 19.0. The molecule has 0 saturated carbocycles. The minimum absolute atomic E-state index is 0.107. The van der Waals surface area contributed by atoms with Gasteiger partial charge in [-0.15, -0.1) is 0 Å². The zero-order chi connectivity index (χ0) is 14.0. The SMILES string of the molecule is CN1C(=O)CC(NCc2ccc(C(=O)O)cn2)C1=O. The van der Waals surface area contributed by atoms with Crippen LogP contribution in [0.15, 0.2) is 18.3 Å². The maximum atomic E-state index is 11.6. The van der Waals surface area contributed by atoms with Crippen molar-refractivity contribution in [2.75, 3.05) is 7.05 Å². The first kappa shape index (κ1) is 13.2. The molecule has 2 N–H and O–H groups in total. The van der Waals surface area contributed by atoms with E-state index in [9.17, 15) is 14.4 Å². The molecular weight excluding hydrogens is 250 g/mol. The molecule has 1 unspecified atom stereocenters. The third-order valence-corrected chi connectivity index (χ3v) is 2.98. The van der Waals surface area contributed by atoms with E-state index in [1.54, 1.807) is 6.07 Å². The summed E-state index contributed by atoms with van der Waals surface area (Å²) in [4.78, 5) is 38.7. The molecule has 1 aliphatic heterocycles. The van der Waals surface area contributed by atoms with Gasteiger partial charge in [0.2, 0.25) is 11.8 Å². The van der Waals surface area contributed by atoms with Gasteiger partial charge in [-0.2, -0.15) is 0 Å². The van der Waals surface area contributed by atoms with Crippen molar-refractivity contribution in [3.05, 3.63) is 29.6 Å². The van der Waals surface area contributed by atoms with E-state index >= 15 is 0 Å². The number of carbonyl (C=O) groups is 3. The molecule has 7 heteroatoms. The molecule has 0 aromatic carbocycles. The van der Waals surface area contributed by atoms with Crippen LogP contribution in [0.4, 0.5) is 0 Å². The highest BCUT2D eigenvalue weighted by Crippen LogP contribution is 2.11. The van der Waals surface area contributed by atoms with Gasteiger partial charge in [0.15, 0.2) is 0 Å². The molecule has 1 fully saturated rings. The number of likely N-dealkylation sites (tertiary alicyclic amines) is 1. The van der Waals surface area contributed by atoms with E-state index in [0.717, 1.165) is 4.90 Å². The predicted octanol–water partition coefficient (Wildman–Crippen LogP) is -0.373. The Labute approximate surface area is 109 Å². The smallest absolute Gasteiger partial charge is 0.337 e. The minimum atomic E-state index is -1.04. The number of pyridine rings is 1. The number of nitrogens with one attached hydrogen (secondary N) is 1. The fourth-order valence-electron chi connectivity index (χ4n) is 1.80. The maximum absolute atomic E-state index is 11.6. The van der Waals surface area contributed by atoms with E-state index in [2.05, 4.69) is 10.3 Å². The lowest BCUT2D eigenvalue weighted by Gasteiger charge is -2.10. The Hall–Kier alpha value is -2.28. The highest BCUT2D eigenvalue weighted by atomic mass is 16.4. The zero-order valence-corrected chi connectivity index (χ0v) is 10.3. The van der Waals surface area contributed by atoms with Crippen molar-refractivity contribution in [2.45, 2.75) is 19.0 Å². The van der Waals surface area contributed by atoms with Gasteiger partial charge in [-0.1, -0.05) is 0 Å². The zero-order valence-electron chi connectivity index (χ0n) is 10.3. The minimum Gasteiger partial charge on any atom is -0.478 e. The van der Waals surface area contributed by atoms with Crippen LogP contribution >= 0.6 is 0 Å². The molecule has 2 amide bonds. The van der Waals surface area contributed by atoms with Gasteiger partial charge >= 0.3 is 5.97 Å². The van der Waals surface area contributed by atoms with Crippen LogP contribution < -0.4 is 5.32 Å². The van der Waals surface area contributed by atoms with Crippen molar-refractivity contribution in [2.24, 2.45) is 0 Å². The van der Waals surface area contributed by atoms with E-state index in [1.807, 2.05) is 0 Å². The summed E-state index contributed by atoms with van der Waals surface area (Å²) < 4.78 is 0. The second-order valence-corrected chi connectivity index (χ2v) is 4.27. The van der Waals surface area contributed by atoms with E-state index in [-0.39, 0.29) is 23.8 Å². The summed E-state index contributed by atoms with van der Waals surface area (Å²) in [5.41, 5.74) is 0.718. The predicted molar refractivity (Wildman–Crippen MR) is 64.2 cm³/mol. The first-order chi connectivity index (χ1) is 8.99. The van der Waals surface area contributed by atoms with Crippen LogP contribution in [0.3, 0.4) is 0 Å². The highest BCUT2D eigenvalue weighted by molar-refractivity contribution is 6.05. The summed E-state index contributed by atoms with van der Waals surface area (Å²) >= 11 is 0. The number of hydrogen-bond donors (Lipinski definition) is 2. The maximum Gasteiger partial charge on any atom is 0.337 e. The number of aromatic carboxylic acids is 1. The molecule has 0 bridgehead atoms. The van der Waals surface area contributed by atoms with Gasteiger partial charge < -0.3 is 5.11 Å². The lowest BCUT2D eigenvalue weighted by molar-refractivity contribution is -0.137. The lowest BCUT2D eigenvalue weighted by atomic mass is 10.2. The van der Waals surface area contributed by atoms with Crippen LogP contribution in [-0.2, 0) is 16.1 Å². The van der Waals surface area contributed by atoms with Gasteiger partial charge in [-0.25, -0.2) is 4.79 Å². The van der Waals surface area contributed by atoms with Crippen LogP contribution in [0.1, 0.15) is 22.5 Å². The van der Waals surface area contributed by atoms with E-state index in [4.69, 9.17) is 5.11 Å². The summed E-state index contributed by atoms with van der Waals surface area (Å²) in [6, 6.07) is 2.49. The van der Waals surface area contributed by atoms with Gasteiger partial charge in [0.25, 0.3) is 0 Å². The van der Waals surface area contributed by atoms with E-state index in [0.29, 0.717) is 12.2 Å². The number of nitrogens with zero attached hydrogens (tertiary/aromatic N) is 2. The standard InChI is InChI=1S/C12H13N3O4/c1-15-10(16)4-9(11(15)17)14-6-8-3-2-7(5-13-8)12(18)19/h2-3,5,9,14H,4,6H2,1H3,(H,18,19). The molecule has 1 aromatic heterocycles. The molecule has 1 atom stereocenters. The molecule has 100 valence electrons. The Kier molecular flexibility index (Phi) is 3.57. The average molecular weight is 263 g/mol. The van der Waals surface area contributed by atoms with Crippen molar-refractivity contribution < 1.29 is 19.5 Å². The van der Waals surface area contributed by atoms with Gasteiger partial charge in [0.05, 0.1) is 23.7 Å². The topological polar surface area (TPSA) is 99.6 Å². The Balaban J connectivity index is 1.94. The summed E-state index contributed by atoms with van der Waals surface area (Å²) in [7, 11) is 1.45. The Bertz CT molecular complexity index is 526. The molecule has 0 aliphatic carbocycles. The summed E-state index contributed by atoms with van der Waals surface area (Å²) in [6.07, 6.45) is 1.40. The number of aromatic nitrogens is 1. The second kappa shape index (κ2) is 5.15. The Morgan fingerprint density at radius 2 is 2.26 bits per heavy atom. The van der Waals surface area contributed by atoms with Crippen molar-refractivity contribution in [3.63, 3.8) is 0 Å². The number of likely N-dealkylation sites (N-methyl/N-ethyl adjacent to an activating group) is 1. The molecule has 19 heavy (non-hydrogen) atoms. The molecule has 0 radical (unpaired) electrons. The molecule has 2 rings (SSSR count). The largest absolute Gasteiger partial charge is 0.478 e. The van der Waals surface area contributed by atoms with Gasteiger partial charge in [0.1, 0.15) is 0 Å². The first-order valence-corrected chi connectivity index (χ1v) is 5.71. The van der Waals surface area contributed by atoms with Crippen LogP contribution in [0.25, 0.3) is 0 Å². The van der Waals surface area contributed by atoms with Gasteiger partial charge in [-0.05, 0) is 12.1 Å². The Morgan fingerprint density at radius 1 is 1.53 bits per heavy atom. The fourth-order valence-corrected chi connectivity index (χ4v) is 1.80. The highest BCUT2D eigenvalue weighted by Gasteiger charge is 2.35. The number of carbonyl (C=O) groups excluding carboxylic acids is 2. The number of carboxylic acids is 1. The molecule has 7 nitrogen and oxygen atoms in total. The molecule has 1 saturated heterocycles. The van der Waals surface area contributed by atoms with Gasteiger partial charge in [-0.3, -0.25) is 24.8 Å². The van der Waals surface area contributed by atoms with Crippen molar-refractivity contribution in [3.8, 4) is 0 Å². The van der Waals surface area contributed by atoms with Gasteiger partial charge in [0, 0.05) is 19.8 Å². The number of imide groups is 1. The van der Waals surface area contributed by atoms with E-state index in [1.165, 1.54) is 19.3 Å². The Morgan fingerprint density at radius 3 is 2.74 bits per heavy atom. The third kappa shape index (κ3) is 2.76. The number of rotatable bonds is 4. The number of amides is 2. The molecular formula is C12H13N3O4. The summed E-state index contributed by atoms with van der Waals surface area (Å²) in [5.74, 6) is -1.51. The third-order valence-electron chi connectivity index (χ3n) is 2.98. The average Bonchev–Trinajstić information content (AvgIpc) is 2.64. The van der Waals surface area contributed by atoms with Crippen molar-refractivity contribution in [1.82, 2.24) is 15.2 Å².